The van der Waals surface area contributed by atoms with Gasteiger partial charge in [0.05, 0.1) is 13.2 Å². The van der Waals surface area contributed by atoms with E-state index >= 15 is 0 Å². The number of rotatable bonds is 55. The van der Waals surface area contributed by atoms with Crippen LogP contribution in [0.25, 0.3) is 0 Å². The molecule has 66 heavy (non-hydrogen) atoms. The number of ether oxygens (including phenoxy) is 2. The lowest BCUT2D eigenvalue weighted by atomic mass is 9.88. The van der Waals surface area contributed by atoms with E-state index in [2.05, 4.69) is 84.9 Å². The van der Waals surface area contributed by atoms with Gasteiger partial charge in [-0.1, -0.05) is 239 Å². The first-order chi connectivity index (χ1) is 32.4. The fourth-order valence-corrected chi connectivity index (χ4v) is 8.41. The summed E-state index contributed by atoms with van der Waals surface area (Å²) < 4.78 is 11.9. The second-order valence-corrected chi connectivity index (χ2v) is 20.5. The zero-order chi connectivity index (χ0) is 48.1. The van der Waals surface area contributed by atoms with E-state index in [-0.39, 0.29) is 26.1 Å². The average molecular weight is 934 g/mol. The van der Waals surface area contributed by atoms with Crippen LogP contribution in [-0.2, 0) is 29.0 Å². The molecule has 0 saturated heterocycles. The molecule has 0 amide bonds. The SMILES string of the molecule is CCCCCCC(C)C/C=C/CCCCCCCCOOCC(COOCCCCCCCC/C=C/CC(C)CCCCCC)OCOCCCCCCCC=CCC(C)C(C)CCCC. The smallest absolute Gasteiger partial charge is 0.147 e. The zero-order valence-electron chi connectivity index (χ0n) is 45.5. The van der Waals surface area contributed by atoms with Crippen molar-refractivity contribution in [2.24, 2.45) is 23.7 Å². The van der Waals surface area contributed by atoms with Crippen LogP contribution in [0.3, 0.4) is 0 Å². The molecule has 0 bridgehead atoms. The van der Waals surface area contributed by atoms with Gasteiger partial charge < -0.3 is 9.47 Å². The summed E-state index contributed by atoms with van der Waals surface area (Å²) in [6.45, 7) is 19.2. The van der Waals surface area contributed by atoms with E-state index in [1.54, 1.807) is 0 Å². The third-order valence-corrected chi connectivity index (χ3v) is 13.6. The monoisotopic (exact) mass is 933 g/mol. The van der Waals surface area contributed by atoms with Crippen LogP contribution in [0.1, 0.15) is 280 Å². The molecule has 0 aliphatic rings. The molecule has 392 valence electrons. The van der Waals surface area contributed by atoms with Crippen LogP contribution >= 0.6 is 0 Å². The van der Waals surface area contributed by atoms with Gasteiger partial charge in [0.25, 0.3) is 0 Å². The Kier molecular flexibility index (Phi) is 54.1. The lowest BCUT2D eigenvalue weighted by molar-refractivity contribution is -0.339. The van der Waals surface area contributed by atoms with E-state index in [0.29, 0.717) is 19.8 Å². The highest BCUT2D eigenvalue weighted by Gasteiger charge is 2.13. The van der Waals surface area contributed by atoms with E-state index in [0.717, 1.165) is 42.9 Å². The van der Waals surface area contributed by atoms with Crippen molar-refractivity contribution in [3.05, 3.63) is 36.5 Å². The van der Waals surface area contributed by atoms with Crippen LogP contribution in [0.5, 0.6) is 0 Å². The molecule has 0 aliphatic carbocycles. The number of unbranched alkanes of at least 4 members (excludes halogenated alkanes) is 24. The standard InChI is InChI=1S/C60H116O6/c1-8-11-14-36-44-56(4)46-38-30-24-18-16-21-28-34-42-51-63-65-53-60(62-55-61-50-41-33-27-23-20-26-32-40-49-59(7)58(6)48-13-10-3)54-66-64-52-43-35-29-22-17-19-25-31-39-47-57(5)45-37-15-12-9-2/h30-32,38-40,56-60H,8-29,33-37,41-55H2,1-7H3/b38-30+,39-31+,40-32?. The van der Waals surface area contributed by atoms with Crippen LogP contribution in [0, 0.1) is 23.7 Å². The molecule has 0 aromatic carbocycles. The molecule has 4 unspecified atom stereocenters. The normalized spacial score (nSPS) is 14.6. The van der Waals surface area contributed by atoms with Gasteiger partial charge in [-0.15, -0.1) is 0 Å². The minimum atomic E-state index is -0.313. The van der Waals surface area contributed by atoms with Crippen molar-refractivity contribution < 1.29 is 29.0 Å². The second kappa shape index (κ2) is 54.9. The average Bonchev–Trinajstić information content (AvgIpc) is 3.32. The highest BCUT2D eigenvalue weighted by molar-refractivity contribution is 4.85. The molecule has 4 atom stereocenters. The lowest BCUT2D eigenvalue weighted by Crippen LogP contribution is -2.27. The molecule has 0 radical (unpaired) electrons. The van der Waals surface area contributed by atoms with E-state index in [1.807, 2.05) is 0 Å². The Bertz CT molecular complexity index is 946. The zero-order valence-corrected chi connectivity index (χ0v) is 45.5. The van der Waals surface area contributed by atoms with Gasteiger partial charge in [-0.2, -0.15) is 0 Å². The molecule has 0 rings (SSSR count). The van der Waals surface area contributed by atoms with Crippen LogP contribution in [0.15, 0.2) is 36.5 Å². The number of hydrogen-bond donors (Lipinski definition) is 0. The van der Waals surface area contributed by atoms with Gasteiger partial charge in [-0.25, -0.2) is 19.6 Å². The van der Waals surface area contributed by atoms with Crippen molar-refractivity contribution in [2.75, 3.05) is 39.8 Å². The predicted molar refractivity (Wildman–Crippen MR) is 287 cm³/mol. The second-order valence-electron chi connectivity index (χ2n) is 20.5. The minimum absolute atomic E-state index is 0.222. The predicted octanol–water partition coefficient (Wildman–Crippen LogP) is 19.6. The van der Waals surface area contributed by atoms with Crippen molar-refractivity contribution in [3.8, 4) is 0 Å². The van der Waals surface area contributed by atoms with Crippen molar-refractivity contribution in [1.82, 2.24) is 0 Å². The molecule has 0 fully saturated rings. The summed E-state index contributed by atoms with van der Waals surface area (Å²) >= 11 is 0. The molecule has 6 nitrogen and oxygen atoms in total. The fraction of sp³-hybridized carbons (Fsp3) is 0.900. The number of hydrogen-bond acceptors (Lipinski definition) is 6. The quantitative estimate of drug-likeness (QED) is 0.0199. The molecule has 0 aliphatic heterocycles. The van der Waals surface area contributed by atoms with Gasteiger partial charge in [-0.05, 0) is 101 Å². The highest BCUT2D eigenvalue weighted by atomic mass is 17.2. The van der Waals surface area contributed by atoms with E-state index in [9.17, 15) is 0 Å². The Morgan fingerprint density at radius 2 is 0.727 bits per heavy atom. The Hall–Kier alpha value is -1.02. The molecular formula is C60H116O6. The summed E-state index contributed by atoms with van der Waals surface area (Å²) in [5.41, 5.74) is 0. The molecular weight excluding hydrogens is 817 g/mol. The third-order valence-electron chi connectivity index (χ3n) is 13.6. The maximum Gasteiger partial charge on any atom is 0.147 e. The maximum absolute atomic E-state index is 6.01. The lowest BCUT2D eigenvalue weighted by Gasteiger charge is -2.17. The van der Waals surface area contributed by atoms with Gasteiger partial charge in [-0.3, -0.25) is 0 Å². The van der Waals surface area contributed by atoms with Crippen LogP contribution < -0.4 is 0 Å². The first-order valence-corrected chi connectivity index (χ1v) is 29.1. The van der Waals surface area contributed by atoms with Crippen molar-refractivity contribution in [2.45, 2.75) is 286 Å². The van der Waals surface area contributed by atoms with Gasteiger partial charge in [0.2, 0.25) is 0 Å². The van der Waals surface area contributed by atoms with E-state index in [1.165, 1.54) is 212 Å². The first kappa shape index (κ1) is 65.0. The minimum Gasteiger partial charge on any atom is -0.355 e. The highest BCUT2D eigenvalue weighted by Crippen LogP contribution is 2.22. The third kappa shape index (κ3) is 50.8. The largest absolute Gasteiger partial charge is 0.355 e. The van der Waals surface area contributed by atoms with Crippen LogP contribution in [-0.4, -0.2) is 45.9 Å². The van der Waals surface area contributed by atoms with Gasteiger partial charge >= 0.3 is 0 Å². The summed E-state index contributed by atoms with van der Waals surface area (Å²) in [5.74, 6) is 3.27. The van der Waals surface area contributed by atoms with Crippen LogP contribution in [0.2, 0.25) is 0 Å². The molecule has 0 heterocycles. The molecule has 0 N–H and O–H groups in total. The Morgan fingerprint density at radius 1 is 0.333 bits per heavy atom. The fourth-order valence-electron chi connectivity index (χ4n) is 8.41. The van der Waals surface area contributed by atoms with Crippen molar-refractivity contribution in [3.63, 3.8) is 0 Å². The number of allylic oxidation sites excluding steroid dienone is 6. The molecule has 0 aromatic rings. The molecule has 6 heteroatoms. The topological polar surface area (TPSA) is 55.4 Å². The van der Waals surface area contributed by atoms with Gasteiger partial charge in [0.15, 0.2) is 0 Å². The summed E-state index contributed by atoms with van der Waals surface area (Å²) in [7, 11) is 0. The Labute approximate surface area is 413 Å². The Balaban J connectivity index is 4.18. The Morgan fingerprint density at radius 3 is 1.18 bits per heavy atom. The van der Waals surface area contributed by atoms with Gasteiger partial charge in [0.1, 0.15) is 26.1 Å². The molecule has 0 saturated carbocycles. The summed E-state index contributed by atoms with van der Waals surface area (Å²) in [5, 5.41) is 0. The summed E-state index contributed by atoms with van der Waals surface area (Å²) in [6.07, 6.45) is 60.1. The van der Waals surface area contributed by atoms with Crippen molar-refractivity contribution >= 4 is 0 Å². The first-order valence-electron chi connectivity index (χ1n) is 29.1. The maximum atomic E-state index is 6.01. The van der Waals surface area contributed by atoms with Crippen molar-refractivity contribution in [1.29, 1.82) is 0 Å². The van der Waals surface area contributed by atoms with Crippen LogP contribution in [0.4, 0.5) is 0 Å². The van der Waals surface area contributed by atoms with E-state index in [4.69, 9.17) is 29.0 Å². The molecule has 0 aromatic heterocycles. The summed E-state index contributed by atoms with van der Waals surface area (Å²) in [4.78, 5) is 22.3. The summed E-state index contributed by atoms with van der Waals surface area (Å²) in [6, 6.07) is 0. The molecule has 0 spiro atoms. The van der Waals surface area contributed by atoms with Gasteiger partial charge in [0, 0.05) is 6.61 Å². The van der Waals surface area contributed by atoms with E-state index < -0.39 is 0 Å².